The molecule has 0 aliphatic heterocycles. The predicted molar refractivity (Wildman–Crippen MR) is 108 cm³/mol. The van der Waals surface area contributed by atoms with Crippen molar-refractivity contribution in [3.63, 3.8) is 0 Å². The Bertz CT molecular complexity index is 953. The van der Waals surface area contributed by atoms with Crippen LogP contribution in [0.3, 0.4) is 0 Å². The van der Waals surface area contributed by atoms with Crippen LogP contribution in [-0.4, -0.2) is 16.8 Å². The van der Waals surface area contributed by atoms with Crippen LogP contribution in [0.4, 0.5) is 10.8 Å². The quantitative estimate of drug-likeness (QED) is 0.561. The highest BCUT2D eigenvalue weighted by atomic mass is 79.9. The van der Waals surface area contributed by atoms with Crippen LogP contribution in [0, 0.1) is 6.92 Å². The molecule has 5 nitrogen and oxygen atoms in total. The van der Waals surface area contributed by atoms with Gasteiger partial charge in [-0.2, -0.15) is 0 Å². The van der Waals surface area contributed by atoms with E-state index in [0.717, 1.165) is 21.4 Å². The first kappa shape index (κ1) is 18.6. The molecule has 3 rings (SSSR count). The number of benzene rings is 2. The number of para-hydroxylation sites is 1. The second-order valence-corrected chi connectivity index (χ2v) is 7.73. The summed E-state index contributed by atoms with van der Waals surface area (Å²) in [6, 6.07) is 12.3. The van der Waals surface area contributed by atoms with Crippen LogP contribution in [0.25, 0.3) is 0 Å². The number of anilines is 2. The maximum atomic E-state index is 12.4. The molecular formula is C18H13BrClN3O2S. The summed E-state index contributed by atoms with van der Waals surface area (Å²) in [5, 5.41) is 6.28. The van der Waals surface area contributed by atoms with Crippen LogP contribution in [-0.2, 0) is 0 Å². The van der Waals surface area contributed by atoms with Gasteiger partial charge in [-0.05, 0) is 42.8 Å². The summed E-state index contributed by atoms with van der Waals surface area (Å²) in [5.74, 6) is -0.622. The third-order valence-electron chi connectivity index (χ3n) is 3.52. The Morgan fingerprint density at radius 1 is 1.08 bits per heavy atom. The second kappa shape index (κ2) is 7.99. The van der Waals surface area contributed by atoms with Gasteiger partial charge in [-0.15, -0.1) is 0 Å². The summed E-state index contributed by atoms with van der Waals surface area (Å²) in [7, 11) is 0. The Balaban J connectivity index is 1.70. The van der Waals surface area contributed by atoms with E-state index in [-0.39, 0.29) is 11.8 Å². The first-order valence-electron chi connectivity index (χ1n) is 7.53. The van der Waals surface area contributed by atoms with Gasteiger partial charge in [0, 0.05) is 10.0 Å². The minimum Gasteiger partial charge on any atom is -0.320 e. The average Bonchev–Trinajstić information content (AvgIpc) is 3.07. The molecular weight excluding hydrogens is 438 g/mol. The smallest absolute Gasteiger partial charge is 0.267 e. The minimum absolute atomic E-state index is 0.291. The monoisotopic (exact) mass is 449 g/mol. The van der Waals surface area contributed by atoms with Crippen molar-refractivity contribution in [1.29, 1.82) is 0 Å². The number of hydrogen-bond acceptors (Lipinski definition) is 4. The van der Waals surface area contributed by atoms with Crippen molar-refractivity contribution in [2.75, 3.05) is 10.6 Å². The highest BCUT2D eigenvalue weighted by Crippen LogP contribution is 2.27. The van der Waals surface area contributed by atoms with Gasteiger partial charge in [0.25, 0.3) is 11.8 Å². The van der Waals surface area contributed by atoms with Gasteiger partial charge >= 0.3 is 0 Å². The zero-order valence-electron chi connectivity index (χ0n) is 13.5. The number of aryl methyl sites for hydroxylation is 1. The van der Waals surface area contributed by atoms with E-state index in [2.05, 4.69) is 31.5 Å². The van der Waals surface area contributed by atoms with Crippen LogP contribution in [0.5, 0.6) is 0 Å². The molecule has 0 unspecified atom stereocenters. The normalized spacial score (nSPS) is 10.4. The van der Waals surface area contributed by atoms with Crippen molar-refractivity contribution >= 4 is 61.5 Å². The summed E-state index contributed by atoms with van der Waals surface area (Å²) >= 11 is 10.5. The molecule has 1 heterocycles. The van der Waals surface area contributed by atoms with Gasteiger partial charge < -0.3 is 5.32 Å². The molecule has 0 aliphatic carbocycles. The van der Waals surface area contributed by atoms with E-state index in [1.54, 1.807) is 30.3 Å². The highest BCUT2D eigenvalue weighted by Gasteiger charge is 2.15. The molecule has 8 heteroatoms. The molecule has 0 spiro atoms. The molecule has 2 aromatic carbocycles. The Morgan fingerprint density at radius 3 is 2.50 bits per heavy atom. The molecule has 2 N–H and O–H groups in total. The van der Waals surface area contributed by atoms with Crippen molar-refractivity contribution < 1.29 is 9.59 Å². The van der Waals surface area contributed by atoms with Crippen molar-refractivity contribution in [3.8, 4) is 0 Å². The van der Waals surface area contributed by atoms with Crippen LogP contribution in [0.15, 0.2) is 53.1 Å². The minimum atomic E-state index is -0.331. The van der Waals surface area contributed by atoms with Crippen LogP contribution in [0.2, 0.25) is 5.02 Å². The number of nitrogens with zero attached hydrogens (tertiary/aromatic N) is 1. The van der Waals surface area contributed by atoms with Crippen LogP contribution >= 0.6 is 38.9 Å². The number of hydrogen-bond donors (Lipinski definition) is 2. The molecule has 0 saturated heterocycles. The SMILES string of the molecule is Cc1cccc(Cl)c1NC(=O)c1cnc(NC(=O)c2ccc(Br)cc2)s1. The summed E-state index contributed by atoms with van der Waals surface area (Å²) in [6.45, 7) is 1.86. The van der Waals surface area contributed by atoms with Gasteiger partial charge in [0.2, 0.25) is 0 Å². The lowest BCUT2D eigenvalue weighted by atomic mass is 10.2. The number of nitrogens with one attached hydrogen (secondary N) is 2. The van der Waals surface area contributed by atoms with Crippen LogP contribution < -0.4 is 10.6 Å². The zero-order valence-corrected chi connectivity index (χ0v) is 16.7. The number of rotatable bonds is 4. The number of carbonyl (C=O) groups excluding carboxylic acids is 2. The van der Waals surface area contributed by atoms with Gasteiger partial charge in [-0.3, -0.25) is 14.9 Å². The van der Waals surface area contributed by atoms with E-state index >= 15 is 0 Å². The Morgan fingerprint density at radius 2 is 1.81 bits per heavy atom. The first-order chi connectivity index (χ1) is 12.4. The molecule has 2 amide bonds. The third-order valence-corrected chi connectivity index (χ3v) is 5.27. The van der Waals surface area contributed by atoms with E-state index in [4.69, 9.17) is 11.6 Å². The first-order valence-corrected chi connectivity index (χ1v) is 9.52. The van der Waals surface area contributed by atoms with Gasteiger partial charge in [0.15, 0.2) is 5.13 Å². The molecule has 132 valence electrons. The summed E-state index contributed by atoms with van der Waals surface area (Å²) in [4.78, 5) is 29.1. The van der Waals surface area contributed by atoms with E-state index in [9.17, 15) is 9.59 Å². The second-order valence-electron chi connectivity index (χ2n) is 5.38. The Labute approximate surface area is 167 Å². The molecule has 1 aromatic heterocycles. The highest BCUT2D eigenvalue weighted by molar-refractivity contribution is 9.10. The van der Waals surface area contributed by atoms with Crippen molar-refractivity contribution in [1.82, 2.24) is 4.98 Å². The fraction of sp³-hybridized carbons (Fsp3) is 0.0556. The molecule has 0 bridgehead atoms. The van der Waals surface area contributed by atoms with Gasteiger partial charge in [-0.25, -0.2) is 4.98 Å². The maximum absolute atomic E-state index is 12.4. The molecule has 3 aromatic rings. The van der Waals surface area contributed by atoms with Crippen molar-refractivity contribution in [2.45, 2.75) is 6.92 Å². The summed E-state index contributed by atoms with van der Waals surface area (Å²) in [5.41, 5.74) is 1.92. The Kier molecular flexibility index (Phi) is 5.70. The van der Waals surface area contributed by atoms with Gasteiger partial charge in [-0.1, -0.05) is 51.0 Å². The molecule has 0 fully saturated rings. The lowest BCUT2D eigenvalue weighted by Gasteiger charge is -2.08. The van der Waals surface area contributed by atoms with Crippen molar-refractivity contribution in [3.05, 3.63) is 74.2 Å². The third kappa shape index (κ3) is 4.30. The van der Waals surface area contributed by atoms with Gasteiger partial charge in [0.1, 0.15) is 4.88 Å². The fourth-order valence-electron chi connectivity index (χ4n) is 2.17. The van der Waals surface area contributed by atoms with E-state index in [0.29, 0.717) is 26.3 Å². The molecule has 0 saturated carbocycles. The largest absolute Gasteiger partial charge is 0.320 e. The topological polar surface area (TPSA) is 71.1 Å². The number of aromatic nitrogens is 1. The number of amides is 2. The average molecular weight is 451 g/mol. The maximum Gasteiger partial charge on any atom is 0.267 e. The van der Waals surface area contributed by atoms with Gasteiger partial charge in [0.05, 0.1) is 16.9 Å². The predicted octanol–water partition coefficient (Wildman–Crippen LogP) is 5.37. The summed E-state index contributed by atoms with van der Waals surface area (Å²) < 4.78 is 0.886. The van der Waals surface area contributed by atoms with Crippen LogP contribution in [0.1, 0.15) is 25.6 Å². The molecule has 0 radical (unpaired) electrons. The fourth-order valence-corrected chi connectivity index (χ4v) is 3.41. The number of carbonyl (C=O) groups is 2. The van der Waals surface area contributed by atoms with E-state index < -0.39 is 0 Å². The molecule has 26 heavy (non-hydrogen) atoms. The summed E-state index contributed by atoms with van der Waals surface area (Å²) in [6.07, 6.45) is 1.42. The lowest BCUT2D eigenvalue weighted by molar-refractivity contribution is 0.102. The van der Waals surface area contributed by atoms with Crippen molar-refractivity contribution in [2.24, 2.45) is 0 Å². The lowest BCUT2D eigenvalue weighted by Crippen LogP contribution is -2.12. The van der Waals surface area contributed by atoms with E-state index in [1.165, 1.54) is 6.20 Å². The standard InChI is InChI=1S/C18H13BrClN3O2S/c1-10-3-2-4-13(20)15(10)22-17(25)14-9-21-18(26-14)23-16(24)11-5-7-12(19)8-6-11/h2-9H,1H3,(H,22,25)(H,21,23,24). The Hall–Kier alpha value is -2.22. The number of thiazole rings is 1. The molecule has 0 aliphatic rings. The zero-order chi connectivity index (χ0) is 18.7. The van der Waals surface area contributed by atoms with E-state index in [1.807, 2.05) is 19.1 Å². The number of halogens is 2. The molecule has 0 atom stereocenters.